The Morgan fingerprint density at radius 2 is 2.00 bits per heavy atom. The summed E-state index contributed by atoms with van der Waals surface area (Å²) in [5.74, 6) is 0.636. The van der Waals surface area contributed by atoms with Gasteiger partial charge in [0.25, 0.3) is 0 Å². The molecular weight excluding hydrogens is 316 g/mol. The average molecular weight is 348 g/mol. The van der Waals surface area contributed by atoms with Crippen LogP contribution in [0.1, 0.15) is 31.7 Å². The Morgan fingerprint density at radius 3 is 2.64 bits per heavy atom. The van der Waals surface area contributed by atoms with Gasteiger partial charge < -0.3 is 20.3 Å². The molecule has 0 atom stereocenters. The van der Waals surface area contributed by atoms with Gasteiger partial charge in [-0.2, -0.15) is 0 Å². The molecule has 0 bridgehead atoms. The van der Waals surface area contributed by atoms with Gasteiger partial charge in [0.15, 0.2) is 5.96 Å². The van der Waals surface area contributed by atoms with Gasteiger partial charge in [-0.25, -0.2) is 0 Å². The first-order valence-electron chi connectivity index (χ1n) is 8.93. The zero-order chi connectivity index (χ0) is 18.5. The zero-order valence-corrected chi connectivity index (χ0v) is 16.0. The lowest BCUT2D eigenvalue weighted by Gasteiger charge is -2.24. The van der Waals surface area contributed by atoms with Crippen molar-refractivity contribution in [3.8, 4) is 0 Å². The molecule has 0 saturated heterocycles. The Morgan fingerprint density at radius 1 is 1.24 bits per heavy atom. The van der Waals surface area contributed by atoms with E-state index in [0.717, 1.165) is 45.0 Å². The number of likely N-dealkylation sites (N-methyl/N-ethyl adjacent to an activating group) is 1. The number of aryl methyl sites for hydroxylation is 1. The van der Waals surface area contributed by atoms with E-state index in [1.54, 1.807) is 7.05 Å². The first-order chi connectivity index (χ1) is 12.1. The van der Waals surface area contributed by atoms with Crippen LogP contribution in [-0.4, -0.2) is 52.3 Å². The predicted molar refractivity (Wildman–Crippen MR) is 104 cm³/mol. The van der Waals surface area contributed by atoms with Crippen LogP contribution in [0.2, 0.25) is 0 Å². The second-order valence-corrected chi connectivity index (χ2v) is 5.88. The van der Waals surface area contributed by atoms with E-state index in [9.17, 15) is 4.79 Å². The number of methoxy groups -OCH3 is 1. The third kappa shape index (κ3) is 8.42. The van der Waals surface area contributed by atoms with Gasteiger partial charge in [-0.15, -0.1) is 0 Å². The number of ether oxygens (including phenoxy) is 1. The number of aliphatic imine (C=N–C) groups is 1. The predicted octanol–water partition coefficient (Wildman–Crippen LogP) is 2.33. The first kappa shape index (κ1) is 20.8. The average Bonchev–Trinajstić information content (AvgIpc) is 2.62. The summed E-state index contributed by atoms with van der Waals surface area (Å²) < 4.78 is 4.63. The molecule has 0 aliphatic heterocycles. The second kappa shape index (κ2) is 12.2. The molecule has 0 saturated carbocycles. The maximum Gasteiger partial charge on any atom is 0.305 e. The molecule has 6 heteroatoms. The molecule has 25 heavy (non-hydrogen) atoms. The Hall–Kier alpha value is -2.24. The highest BCUT2D eigenvalue weighted by molar-refractivity contribution is 5.79. The van der Waals surface area contributed by atoms with Crippen LogP contribution in [0.3, 0.4) is 0 Å². The number of rotatable bonds is 10. The van der Waals surface area contributed by atoms with E-state index in [2.05, 4.69) is 63.4 Å². The minimum atomic E-state index is -0.154. The largest absolute Gasteiger partial charge is 0.469 e. The number of carbonyl (C=O) groups excluding carboxylic acids is 1. The molecule has 0 unspecified atom stereocenters. The van der Waals surface area contributed by atoms with E-state index in [1.165, 1.54) is 18.4 Å². The fourth-order valence-corrected chi connectivity index (χ4v) is 2.53. The van der Waals surface area contributed by atoms with Gasteiger partial charge >= 0.3 is 5.97 Å². The lowest BCUT2D eigenvalue weighted by molar-refractivity contribution is -0.140. The molecule has 0 aliphatic rings. The maximum absolute atomic E-state index is 11.1. The van der Waals surface area contributed by atoms with Crippen LogP contribution in [0.5, 0.6) is 0 Å². The van der Waals surface area contributed by atoms with Gasteiger partial charge in [-0.3, -0.25) is 9.79 Å². The number of nitrogens with zero attached hydrogens (tertiary/aromatic N) is 2. The summed E-state index contributed by atoms with van der Waals surface area (Å²) in [5.41, 5.74) is 2.52. The zero-order valence-electron chi connectivity index (χ0n) is 16.0. The summed E-state index contributed by atoms with van der Waals surface area (Å²) in [6.07, 6.45) is 2.18. The molecule has 0 heterocycles. The maximum atomic E-state index is 11.1. The van der Waals surface area contributed by atoms with Crippen LogP contribution in [-0.2, 0) is 9.53 Å². The van der Waals surface area contributed by atoms with Gasteiger partial charge in [0.1, 0.15) is 0 Å². The van der Waals surface area contributed by atoms with Crippen LogP contribution in [0, 0.1) is 6.92 Å². The number of nitrogens with one attached hydrogen (secondary N) is 2. The molecule has 1 aromatic carbocycles. The molecule has 0 amide bonds. The second-order valence-electron chi connectivity index (χ2n) is 5.88. The Bertz CT molecular complexity index is 546. The number of hydrogen-bond donors (Lipinski definition) is 2. The lowest BCUT2D eigenvalue weighted by Crippen LogP contribution is -2.42. The number of esters is 1. The van der Waals surface area contributed by atoms with Crippen molar-refractivity contribution in [2.45, 2.75) is 33.1 Å². The molecule has 0 aromatic heterocycles. The summed E-state index contributed by atoms with van der Waals surface area (Å²) >= 11 is 0. The van der Waals surface area contributed by atoms with Crippen molar-refractivity contribution in [2.75, 3.05) is 45.2 Å². The molecule has 0 radical (unpaired) electrons. The summed E-state index contributed by atoms with van der Waals surface area (Å²) in [5, 5.41) is 6.61. The number of carbonyl (C=O) groups is 1. The Kier molecular flexibility index (Phi) is 10.1. The molecule has 2 N–H and O–H groups in total. The number of anilines is 1. The fraction of sp³-hybridized carbons (Fsp3) is 0.579. The number of guanidine groups is 1. The molecule has 0 aliphatic carbocycles. The first-order valence-corrected chi connectivity index (χ1v) is 8.93. The van der Waals surface area contributed by atoms with Crippen LogP contribution in [0.15, 0.2) is 29.3 Å². The van der Waals surface area contributed by atoms with Gasteiger partial charge in [0.05, 0.1) is 7.11 Å². The topological polar surface area (TPSA) is 66.0 Å². The van der Waals surface area contributed by atoms with Crippen LogP contribution >= 0.6 is 0 Å². The third-order valence-corrected chi connectivity index (χ3v) is 3.97. The summed E-state index contributed by atoms with van der Waals surface area (Å²) in [4.78, 5) is 17.6. The Balaban J connectivity index is 2.28. The van der Waals surface area contributed by atoms with Gasteiger partial charge in [-0.05, 0) is 44.4 Å². The highest BCUT2D eigenvalue weighted by Gasteiger charge is 2.05. The molecule has 1 rings (SSSR count). The highest BCUT2D eigenvalue weighted by atomic mass is 16.5. The van der Waals surface area contributed by atoms with Crippen molar-refractivity contribution in [1.29, 1.82) is 0 Å². The van der Waals surface area contributed by atoms with Crippen LogP contribution < -0.4 is 15.5 Å². The summed E-state index contributed by atoms with van der Waals surface area (Å²) in [6.45, 7) is 7.74. The van der Waals surface area contributed by atoms with Crippen molar-refractivity contribution < 1.29 is 9.53 Å². The normalized spacial score (nSPS) is 11.1. The van der Waals surface area contributed by atoms with E-state index in [4.69, 9.17) is 0 Å². The summed E-state index contributed by atoms with van der Waals surface area (Å²) in [6, 6.07) is 8.56. The molecule has 1 aromatic rings. The van der Waals surface area contributed by atoms with Gasteiger partial charge in [0.2, 0.25) is 0 Å². The van der Waals surface area contributed by atoms with Crippen molar-refractivity contribution in [3.63, 3.8) is 0 Å². The van der Waals surface area contributed by atoms with Crippen molar-refractivity contribution in [1.82, 2.24) is 10.6 Å². The third-order valence-electron chi connectivity index (χ3n) is 3.97. The number of unbranched alkanes of at least 4 members (excludes halogenated alkanes) is 1. The van der Waals surface area contributed by atoms with E-state index < -0.39 is 0 Å². The minimum absolute atomic E-state index is 0.154. The lowest BCUT2D eigenvalue weighted by atomic mass is 10.2. The van der Waals surface area contributed by atoms with Crippen molar-refractivity contribution >= 4 is 17.6 Å². The molecule has 140 valence electrons. The van der Waals surface area contributed by atoms with Gasteiger partial charge in [-0.1, -0.05) is 12.1 Å². The molecule has 6 nitrogen and oxygen atoms in total. The van der Waals surface area contributed by atoms with E-state index >= 15 is 0 Å². The molecule has 0 spiro atoms. The monoisotopic (exact) mass is 348 g/mol. The fourth-order valence-electron chi connectivity index (χ4n) is 2.53. The standard InChI is InChI=1S/C19H32N4O2/c1-5-23(17-10-8-9-16(2)15-17)14-13-22-19(20-3)21-12-7-6-11-18(24)25-4/h8-10,15H,5-7,11-14H2,1-4H3,(H2,20,21,22). The van der Waals surface area contributed by atoms with Crippen LogP contribution in [0.4, 0.5) is 5.69 Å². The quantitative estimate of drug-likeness (QED) is 0.294. The molecule has 0 fully saturated rings. The number of benzene rings is 1. The molecular formula is C19H32N4O2. The highest BCUT2D eigenvalue weighted by Crippen LogP contribution is 2.14. The van der Waals surface area contributed by atoms with E-state index in [1.807, 2.05) is 0 Å². The smallest absolute Gasteiger partial charge is 0.305 e. The van der Waals surface area contributed by atoms with Crippen molar-refractivity contribution in [3.05, 3.63) is 29.8 Å². The van der Waals surface area contributed by atoms with E-state index in [-0.39, 0.29) is 5.97 Å². The minimum Gasteiger partial charge on any atom is -0.469 e. The summed E-state index contributed by atoms with van der Waals surface area (Å²) in [7, 11) is 3.19. The van der Waals surface area contributed by atoms with Crippen molar-refractivity contribution in [2.24, 2.45) is 4.99 Å². The SMILES string of the molecule is CCN(CCNC(=NC)NCCCCC(=O)OC)c1cccc(C)c1. The number of hydrogen-bond acceptors (Lipinski definition) is 4. The van der Waals surface area contributed by atoms with Crippen LogP contribution in [0.25, 0.3) is 0 Å². The van der Waals surface area contributed by atoms with Gasteiger partial charge in [0, 0.05) is 45.3 Å². The van der Waals surface area contributed by atoms with E-state index in [0.29, 0.717) is 6.42 Å². The Labute approximate surface area is 151 Å².